The number of aromatic nitrogens is 3. The second-order valence-electron chi connectivity index (χ2n) is 5.18. The van der Waals surface area contributed by atoms with Crippen molar-refractivity contribution in [2.45, 2.75) is 26.2 Å². The second-order valence-corrected chi connectivity index (χ2v) is 6.19. The standard InChI is InChI=1S/C15H14N4OS/c1-9(20)16-14-10-5-4-7-11(10)18-19(14)15-17-12-6-2-3-8-13(12)21-15/h2-3,6,8H,4-5,7H2,1H3,(H,16,20). The molecule has 1 aliphatic carbocycles. The van der Waals surface area contributed by atoms with Gasteiger partial charge in [-0.1, -0.05) is 23.5 Å². The predicted molar refractivity (Wildman–Crippen MR) is 83.1 cm³/mol. The number of aryl methyl sites for hydroxylation is 1. The first-order valence-electron chi connectivity index (χ1n) is 6.96. The van der Waals surface area contributed by atoms with Crippen LogP contribution in [0.4, 0.5) is 5.82 Å². The molecule has 1 aliphatic rings. The summed E-state index contributed by atoms with van der Waals surface area (Å²) in [5, 5.41) is 8.38. The third-order valence-electron chi connectivity index (χ3n) is 3.67. The van der Waals surface area contributed by atoms with E-state index in [1.807, 2.05) is 24.3 Å². The summed E-state index contributed by atoms with van der Waals surface area (Å²) in [4.78, 5) is 16.1. The van der Waals surface area contributed by atoms with Crippen LogP contribution in [0.3, 0.4) is 0 Å². The van der Waals surface area contributed by atoms with Crippen molar-refractivity contribution in [2.75, 3.05) is 5.32 Å². The zero-order valence-corrected chi connectivity index (χ0v) is 12.4. The molecule has 3 aromatic rings. The summed E-state index contributed by atoms with van der Waals surface area (Å²) in [5.41, 5.74) is 3.20. The Hall–Kier alpha value is -2.21. The fourth-order valence-electron chi connectivity index (χ4n) is 2.78. The largest absolute Gasteiger partial charge is 0.311 e. The average molecular weight is 298 g/mol. The molecule has 5 nitrogen and oxygen atoms in total. The van der Waals surface area contributed by atoms with Gasteiger partial charge in [0.25, 0.3) is 0 Å². The van der Waals surface area contributed by atoms with Crippen LogP contribution in [0, 0.1) is 0 Å². The molecule has 0 aliphatic heterocycles. The van der Waals surface area contributed by atoms with Crippen molar-refractivity contribution in [1.29, 1.82) is 0 Å². The van der Waals surface area contributed by atoms with Gasteiger partial charge in [0.05, 0.1) is 15.9 Å². The van der Waals surface area contributed by atoms with Crippen LogP contribution in [-0.2, 0) is 17.6 Å². The van der Waals surface area contributed by atoms with E-state index in [1.165, 1.54) is 6.92 Å². The van der Waals surface area contributed by atoms with E-state index < -0.39 is 0 Å². The number of carbonyl (C=O) groups excluding carboxylic acids is 1. The second kappa shape index (κ2) is 4.66. The van der Waals surface area contributed by atoms with Crippen molar-refractivity contribution in [3.05, 3.63) is 35.5 Å². The summed E-state index contributed by atoms with van der Waals surface area (Å²) >= 11 is 1.59. The van der Waals surface area contributed by atoms with E-state index in [1.54, 1.807) is 16.0 Å². The minimum absolute atomic E-state index is 0.0769. The fraction of sp³-hybridized carbons (Fsp3) is 0.267. The molecule has 0 radical (unpaired) electrons. The van der Waals surface area contributed by atoms with Crippen molar-refractivity contribution in [3.8, 4) is 5.13 Å². The molecule has 21 heavy (non-hydrogen) atoms. The van der Waals surface area contributed by atoms with E-state index in [4.69, 9.17) is 0 Å². The Morgan fingerprint density at radius 3 is 3.00 bits per heavy atom. The highest BCUT2D eigenvalue weighted by Crippen LogP contribution is 2.33. The molecular formula is C15H14N4OS. The van der Waals surface area contributed by atoms with Gasteiger partial charge in [-0.2, -0.15) is 9.78 Å². The summed E-state index contributed by atoms with van der Waals surface area (Å²) in [6, 6.07) is 8.02. The van der Waals surface area contributed by atoms with E-state index in [-0.39, 0.29) is 5.91 Å². The van der Waals surface area contributed by atoms with Gasteiger partial charge in [-0.15, -0.1) is 0 Å². The number of carbonyl (C=O) groups is 1. The van der Waals surface area contributed by atoms with Crippen LogP contribution in [0.15, 0.2) is 24.3 Å². The Labute approximate surface area is 125 Å². The Bertz CT molecular complexity index is 816. The number of nitrogens with one attached hydrogen (secondary N) is 1. The van der Waals surface area contributed by atoms with Gasteiger partial charge in [0, 0.05) is 12.5 Å². The molecule has 1 amide bonds. The van der Waals surface area contributed by atoms with Crippen molar-refractivity contribution in [1.82, 2.24) is 14.8 Å². The molecule has 0 spiro atoms. The van der Waals surface area contributed by atoms with E-state index in [9.17, 15) is 4.79 Å². The summed E-state index contributed by atoms with van der Waals surface area (Å²) in [7, 11) is 0. The number of thiazole rings is 1. The smallest absolute Gasteiger partial charge is 0.222 e. The number of nitrogens with zero attached hydrogens (tertiary/aromatic N) is 3. The van der Waals surface area contributed by atoms with Gasteiger partial charge in [0.1, 0.15) is 5.82 Å². The lowest BCUT2D eigenvalue weighted by molar-refractivity contribution is -0.114. The van der Waals surface area contributed by atoms with Crippen molar-refractivity contribution in [3.63, 3.8) is 0 Å². The van der Waals surface area contributed by atoms with Crippen LogP contribution in [0.2, 0.25) is 0 Å². The quantitative estimate of drug-likeness (QED) is 0.791. The molecule has 2 heterocycles. The highest BCUT2D eigenvalue weighted by molar-refractivity contribution is 7.20. The lowest BCUT2D eigenvalue weighted by Crippen LogP contribution is -2.12. The minimum atomic E-state index is -0.0769. The third kappa shape index (κ3) is 2.03. The van der Waals surface area contributed by atoms with Gasteiger partial charge in [-0.3, -0.25) is 4.79 Å². The van der Waals surface area contributed by atoms with Gasteiger partial charge >= 0.3 is 0 Å². The molecule has 0 bridgehead atoms. The zero-order chi connectivity index (χ0) is 14.4. The number of para-hydroxylation sites is 1. The lowest BCUT2D eigenvalue weighted by atomic mass is 10.2. The third-order valence-corrected chi connectivity index (χ3v) is 4.68. The number of anilines is 1. The Morgan fingerprint density at radius 1 is 1.33 bits per heavy atom. The topological polar surface area (TPSA) is 59.8 Å². The molecule has 2 aromatic heterocycles. The maximum atomic E-state index is 11.5. The maximum absolute atomic E-state index is 11.5. The minimum Gasteiger partial charge on any atom is -0.311 e. The van der Waals surface area contributed by atoms with Crippen LogP contribution in [-0.4, -0.2) is 20.7 Å². The summed E-state index contributed by atoms with van der Waals surface area (Å²) in [5.74, 6) is 0.709. The fourth-order valence-corrected chi connectivity index (χ4v) is 3.70. The molecule has 0 unspecified atom stereocenters. The Kier molecular flexibility index (Phi) is 2.78. The molecular weight excluding hydrogens is 284 g/mol. The monoisotopic (exact) mass is 298 g/mol. The van der Waals surface area contributed by atoms with Gasteiger partial charge in [-0.05, 0) is 31.4 Å². The lowest BCUT2D eigenvalue weighted by Gasteiger charge is -2.06. The van der Waals surface area contributed by atoms with E-state index in [0.29, 0.717) is 0 Å². The SMILES string of the molecule is CC(=O)Nc1c2c(nn1-c1nc3ccccc3s1)CCC2. The maximum Gasteiger partial charge on any atom is 0.222 e. The first-order chi connectivity index (χ1) is 10.2. The number of fused-ring (bicyclic) bond motifs is 2. The first-order valence-corrected chi connectivity index (χ1v) is 7.78. The highest BCUT2D eigenvalue weighted by Gasteiger charge is 2.24. The number of rotatable bonds is 2. The molecule has 0 fully saturated rings. The number of hydrogen-bond acceptors (Lipinski definition) is 4. The summed E-state index contributed by atoms with van der Waals surface area (Å²) in [6.07, 6.45) is 3.04. The molecule has 1 N–H and O–H groups in total. The van der Waals surface area contributed by atoms with Crippen molar-refractivity contribution < 1.29 is 4.79 Å². The molecule has 0 atom stereocenters. The van der Waals surface area contributed by atoms with Gasteiger partial charge in [0.15, 0.2) is 0 Å². The highest BCUT2D eigenvalue weighted by atomic mass is 32.1. The number of benzene rings is 1. The van der Waals surface area contributed by atoms with Crippen molar-refractivity contribution >= 4 is 33.3 Å². The summed E-state index contributed by atoms with van der Waals surface area (Å²) < 4.78 is 2.91. The Balaban J connectivity index is 1.89. The van der Waals surface area contributed by atoms with Gasteiger partial charge in [0.2, 0.25) is 11.0 Å². The normalized spacial score (nSPS) is 13.6. The number of hydrogen-bond donors (Lipinski definition) is 1. The molecule has 0 saturated heterocycles. The number of amides is 1. The van der Waals surface area contributed by atoms with Crippen LogP contribution in [0.1, 0.15) is 24.6 Å². The molecule has 106 valence electrons. The van der Waals surface area contributed by atoms with Gasteiger partial charge < -0.3 is 5.32 Å². The van der Waals surface area contributed by atoms with Crippen LogP contribution >= 0.6 is 11.3 Å². The van der Waals surface area contributed by atoms with E-state index >= 15 is 0 Å². The average Bonchev–Trinajstić information content (AvgIpc) is 3.12. The molecule has 1 aromatic carbocycles. The van der Waals surface area contributed by atoms with Crippen LogP contribution < -0.4 is 5.32 Å². The first kappa shape index (κ1) is 12.5. The van der Waals surface area contributed by atoms with Gasteiger partial charge in [-0.25, -0.2) is 4.98 Å². The van der Waals surface area contributed by atoms with Crippen LogP contribution in [0.25, 0.3) is 15.3 Å². The predicted octanol–water partition coefficient (Wildman–Crippen LogP) is 2.93. The van der Waals surface area contributed by atoms with E-state index in [0.717, 1.165) is 51.7 Å². The molecule has 6 heteroatoms. The van der Waals surface area contributed by atoms with Crippen molar-refractivity contribution in [2.24, 2.45) is 0 Å². The Morgan fingerprint density at radius 2 is 2.19 bits per heavy atom. The zero-order valence-electron chi connectivity index (χ0n) is 11.6. The van der Waals surface area contributed by atoms with E-state index in [2.05, 4.69) is 15.4 Å². The molecule has 4 rings (SSSR count). The van der Waals surface area contributed by atoms with Crippen LogP contribution in [0.5, 0.6) is 0 Å². The summed E-state index contributed by atoms with van der Waals surface area (Å²) in [6.45, 7) is 1.52. The molecule has 0 saturated carbocycles.